The molecule has 2 amide bonds. The maximum Gasteiger partial charge on any atom is 0.253 e. The second kappa shape index (κ2) is 7.66. The van der Waals surface area contributed by atoms with E-state index in [4.69, 9.17) is 5.73 Å². The van der Waals surface area contributed by atoms with Gasteiger partial charge in [0.1, 0.15) is 11.9 Å². The molecule has 1 saturated heterocycles. The van der Waals surface area contributed by atoms with Crippen molar-refractivity contribution < 1.29 is 14.0 Å². The van der Waals surface area contributed by atoms with Gasteiger partial charge in [0.15, 0.2) is 0 Å². The zero-order valence-electron chi connectivity index (χ0n) is 14.7. The van der Waals surface area contributed by atoms with Crippen molar-refractivity contribution in [3.8, 4) is 0 Å². The van der Waals surface area contributed by atoms with Gasteiger partial charge in [-0.2, -0.15) is 0 Å². The lowest BCUT2D eigenvalue weighted by molar-refractivity contribution is -0.134. The van der Waals surface area contributed by atoms with Gasteiger partial charge in [0.05, 0.1) is 0 Å². The van der Waals surface area contributed by atoms with E-state index in [1.54, 1.807) is 9.80 Å². The normalized spacial score (nSPS) is 15.7. The lowest BCUT2D eigenvalue weighted by atomic mass is 10.0. The molecule has 2 N–H and O–H groups in total. The van der Waals surface area contributed by atoms with Gasteiger partial charge in [0, 0.05) is 31.7 Å². The van der Waals surface area contributed by atoms with E-state index >= 15 is 0 Å². The van der Waals surface area contributed by atoms with Crippen molar-refractivity contribution in [1.82, 2.24) is 9.80 Å². The SMILES string of the molecule is Cc1ccc(C(N)C(=O)N2CCN(C(=O)c3ccc(F)cc3)CC2)cc1. The van der Waals surface area contributed by atoms with Gasteiger partial charge >= 0.3 is 0 Å². The van der Waals surface area contributed by atoms with Crippen LogP contribution in [0.1, 0.15) is 27.5 Å². The predicted molar refractivity (Wildman–Crippen MR) is 97.0 cm³/mol. The Morgan fingerprint density at radius 2 is 1.46 bits per heavy atom. The molecule has 0 bridgehead atoms. The third kappa shape index (κ3) is 3.91. The molecule has 1 atom stereocenters. The standard InChI is InChI=1S/C20H22FN3O2/c1-14-2-4-15(5-3-14)18(22)20(26)24-12-10-23(11-13-24)19(25)16-6-8-17(21)9-7-16/h2-9,18H,10-13,22H2,1H3. The Hall–Kier alpha value is -2.73. The summed E-state index contributed by atoms with van der Waals surface area (Å²) in [5.41, 5.74) is 8.45. The number of halogens is 1. The Morgan fingerprint density at radius 1 is 0.923 bits per heavy atom. The van der Waals surface area contributed by atoms with E-state index in [9.17, 15) is 14.0 Å². The van der Waals surface area contributed by atoms with Crippen LogP contribution in [0.4, 0.5) is 4.39 Å². The average molecular weight is 355 g/mol. The zero-order valence-corrected chi connectivity index (χ0v) is 14.7. The Balaban J connectivity index is 1.59. The summed E-state index contributed by atoms with van der Waals surface area (Å²) in [6.07, 6.45) is 0. The molecule has 0 aromatic heterocycles. The van der Waals surface area contributed by atoms with E-state index in [0.29, 0.717) is 31.7 Å². The van der Waals surface area contributed by atoms with E-state index in [2.05, 4.69) is 0 Å². The summed E-state index contributed by atoms with van der Waals surface area (Å²) >= 11 is 0. The second-order valence-corrected chi connectivity index (χ2v) is 6.51. The van der Waals surface area contributed by atoms with Crippen molar-refractivity contribution in [2.24, 2.45) is 5.73 Å². The molecule has 1 heterocycles. The van der Waals surface area contributed by atoms with Crippen LogP contribution in [-0.4, -0.2) is 47.8 Å². The van der Waals surface area contributed by atoms with Crippen molar-refractivity contribution in [3.05, 3.63) is 71.0 Å². The van der Waals surface area contributed by atoms with E-state index < -0.39 is 6.04 Å². The molecule has 2 aromatic rings. The molecule has 6 heteroatoms. The number of nitrogens with two attached hydrogens (primary N) is 1. The molecule has 1 aliphatic rings. The van der Waals surface area contributed by atoms with Crippen LogP contribution in [0, 0.1) is 12.7 Å². The second-order valence-electron chi connectivity index (χ2n) is 6.51. The van der Waals surface area contributed by atoms with Gasteiger partial charge in [-0.05, 0) is 36.8 Å². The van der Waals surface area contributed by atoms with Crippen LogP contribution in [0.15, 0.2) is 48.5 Å². The van der Waals surface area contributed by atoms with Gasteiger partial charge in [0.2, 0.25) is 5.91 Å². The fraction of sp³-hybridized carbons (Fsp3) is 0.300. The van der Waals surface area contributed by atoms with Crippen molar-refractivity contribution in [1.29, 1.82) is 0 Å². The molecule has 0 aliphatic carbocycles. The molecule has 5 nitrogen and oxygen atoms in total. The van der Waals surface area contributed by atoms with E-state index in [-0.39, 0.29) is 17.6 Å². The molecule has 136 valence electrons. The maximum absolute atomic E-state index is 13.0. The number of nitrogens with zero attached hydrogens (tertiary/aromatic N) is 2. The van der Waals surface area contributed by atoms with Crippen molar-refractivity contribution >= 4 is 11.8 Å². The molecule has 3 rings (SSSR count). The highest BCUT2D eigenvalue weighted by atomic mass is 19.1. The highest BCUT2D eigenvalue weighted by molar-refractivity contribution is 5.94. The Kier molecular flexibility index (Phi) is 5.32. The highest BCUT2D eigenvalue weighted by Crippen LogP contribution is 2.16. The van der Waals surface area contributed by atoms with Gasteiger partial charge in [-0.25, -0.2) is 4.39 Å². The third-order valence-corrected chi connectivity index (χ3v) is 4.67. The van der Waals surface area contributed by atoms with Crippen LogP contribution < -0.4 is 5.73 Å². The minimum absolute atomic E-state index is 0.136. The van der Waals surface area contributed by atoms with Gasteiger partial charge < -0.3 is 15.5 Å². The lowest BCUT2D eigenvalue weighted by Gasteiger charge is -2.36. The average Bonchev–Trinajstić information content (AvgIpc) is 2.67. The van der Waals surface area contributed by atoms with Crippen molar-refractivity contribution in [2.75, 3.05) is 26.2 Å². The molecule has 1 unspecified atom stereocenters. The molecular weight excluding hydrogens is 333 g/mol. The van der Waals surface area contributed by atoms with Gasteiger partial charge in [-0.3, -0.25) is 9.59 Å². The topological polar surface area (TPSA) is 66.6 Å². The number of hydrogen-bond donors (Lipinski definition) is 1. The molecule has 0 spiro atoms. The maximum atomic E-state index is 13.0. The number of rotatable bonds is 3. The summed E-state index contributed by atoms with van der Waals surface area (Å²) in [5, 5.41) is 0. The summed E-state index contributed by atoms with van der Waals surface area (Å²) in [6.45, 7) is 3.72. The molecular formula is C20H22FN3O2. The summed E-state index contributed by atoms with van der Waals surface area (Å²) < 4.78 is 13.0. The minimum atomic E-state index is -0.699. The number of carbonyl (C=O) groups is 2. The molecule has 1 fully saturated rings. The first-order chi connectivity index (χ1) is 12.5. The van der Waals surface area contributed by atoms with Crippen LogP contribution in [0.25, 0.3) is 0 Å². The molecule has 1 aliphatic heterocycles. The fourth-order valence-corrected chi connectivity index (χ4v) is 3.02. The van der Waals surface area contributed by atoms with Crippen LogP contribution >= 0.6 is 0 Å². The Labute approximate surface area is 152 Å². The smallest absolute Gasteiger partial charge is 0.253 e. The minimum Gasteiger partial charge on any atom is -0.337 e. The number of amides is 2. The van der Waals surface area contributed by atoms with Crippen LogP contribution in [0.3, 0.4) is 0 Å². The van der Waals surface area contributed by atoms with Crippen LogP contribution in [-0.2, 0) is 4.79 Å². The predicted octanol–water partition coefficient (Wildman–Crippen LogP) is 2.12. The molecule has 26 heavy (non-hydrogen) atoms. The quantitative estimate of drug-likeness (QED) is 0.917. The zero-order chi connectivity index (χ0) is 18.7. The van der Waals surface area contributed by atoms with E-state index in [1.165, 1.54) is 24.3 Å². The molecule has 0 radical (unpaired) electrons. The summed E-state index contributed by atoms with van der Waals surface area (Å²) in [7, 11) is 0. The summed E-state index contributed by atoms with van der Waals surface area (Å²) in [4.78, 5) is 28.4. The Morgan fingerprint density at radius 3 is 2.04 bits per heavy atom. The van der Waals surface area contributed by atoms with Gasteiger partial charge in [0.25, 0.3) is 5.91 Å². The van der Waals surface area contributed by atoms with Gasteiger partial charge in [-0.15, -0.1) is 0 Å². The van der Waals surface area contributed by atoms with E-state index in [1.807, 2.05) is 31.2 Å². The number of piperazine rings is 1. The first-order valence-corrected chi connectivity index (χ1v) is 8.61. The fourth-order valence-electron chi connectivity index (χ4n) is 3.02. The van der Waals surface area contributed by atoms with Gasteiger partial charge in [-0.1, -0.05) is 29.8 Å². The first-order valence-electron chi connectivity index (χ1n) is 8.61. The summed E-state index contributed by atoms with van der Waals surface area (Å²) in [6, 6.07) is 12.4. The summed E-state index contributed by atoms with van der Waals surface area (Å²) in [5.74, 6) is -0.662. The Bertz CT molecular complexity index is 782. The van der Waals surface area contributed by atoms with Crippen LogP contribution in [0.5, 0.6) is 0 Å². The number of carbonyl (C=O) groups excluding carboxylic acids is 2. The largest absolute Gasteiger partial charge is 0.337 e. The number of benzene rings is 2. The third-order valence-electron chi connectivity index (χ3n) is 4.67. The molecule has 2 aromatic carbocycles. The molecule has 0 saturated carbocycles. The number of hydrogen-bond acceptors (Lipinski definition) is 3. The monoisotopic (exact) mass is 355 g/mol. The van der Waals surface area contributed by atoms with Crippen molar-refractivity contribution in [2.45, 2.75) is 13.0 Å². The lowest BCUT2D eigenvalue weighted by Crippen LogP contribution is -2.52. The van der Waals surface area contributed by atoms with E-state index in [0.717, 1.165) is 11.1 Å². The first kappa shape index (κ1) is 18.1. The number of aryl methyl sites for hydroxylation is 1. The highest BCUT2D eigenvalue weighted by Gasteiger charge is 2.28. The van der Waals surface area contributed by atoms with Crippen molar-refractivity contribution in [3.63, 3.8) is 0 Å². The van der Waals surface area contributed by atoms with Crippen LogP contribution in [0.2, 0.25) is 0 Å².